The van der Waals surface area contributed by atoms with Crippen LogP contribution in [0.4, 0.5) is 17.1 Å². The van der Waals surface area contributed by atoms with Crippen molar-refractivity contribution in [3.63, 3.8) is 0 Å². The van der Waals surface area contributed by atoms with E-state index in [1.807, 2.05) is 0 Å². The van der Waals surface area contributed by atoms with Gasteiger partial charge in [0.1, 0.15) is 0 Å². The molecule has 0 atom stereocenters. The molecule has 11 aromatic rings. The van der Waals surface area contributed by atoms with Gasteiger partial charge in [0.05, 0.1) is 16.5 Å². The normalized spacial score (nSPS) is 14.0. The molecule has 0 N–H and O–H groups in total. The summed E-state index contributed by atoms with van der Waals surface area (Å²) < 4.78 is 0. The standard InChI is InChI=1S/C70H49N/c1-5-21-48(22-6-1)52-39-44-68(61(45-52)49-23-7-2-8-24-49)71(55-40-42-59-57-31-15-19-35-64(57)69(66(59)46-55,53-27-9-3-10-28-53)54-29-11-4-12-30-54)56-41-43-60-58-32-16-20-36-65(58)70(67(60)47-56)62-33-17-13-25-50(62)37-38-51-26-14-18-34-63(51)70/h1-36,39-47H,37-38H2. The summed E-state index contributed by atoms with van der Waals surface area (Å²) in [5.74, 6) is 0. The first-order valence-electron chi connectivity index (χ1n) is 25.0. The van der Waals surface area contributed by atoms with E-state index in [9.17, 15) is 0 Å². The lowest BCUT2D eigenvalue weighted by atomic mass is 9.66. The summed E-state index contributed by atoms with van der Waals surface area (Å²) in [5, 5.41) is 0. The van der Waals surface area contributed by atoms with Gasteiger partial charge < -0.3 is 4.90 Å². The van der Waals surface area contributed by atoms with Gasteiger partial charge in [-0.05, 0) is 144 Å². The average Bonchev–Trinajstić information content (AvgIpc) is 3.85. The number of rotatable bonds is 7. The molecule has 1 spiro atoms. The van der Waals surface area contributed by atoms with Crippen LogP contribution in [0.3, 0.4) is 0 Å². The molecule has 0 aromatic heterocycles. The van der Waals surface area contributed by atoms with Crippen LogP contribution in [-0.4, -0.2) is 0 Å². The molecule has 0 saturated carbocycles. The van der Waals surface area contributed by atoms with Crippen LogP contribution >= 0.6 is 0 Å². The molecule has 3 aliphatic carbocycles. The second kappa shape index (κ2) is 16.4. The van der Waals surface area contributed by atoms with Crippen molar-refractivity contribution < 1.29 is 0 Å². The van der Waals surface area contributed by atoms with Crippen LogP contribution in [0.25, 0.3) is 44.5 Å². The van der Waals surface area contributed by atoms with E-state index < -0.39 is 10.8 Å². The number of hydrogen-bond acceptors (Lipinski definition) is 1. The first-order chi connectivity index (χ1) is 35.2. The first kappa shape index (κ1) is 41.2. The molecule has 71 heavy (non-hydrogen) atoms. The lowest BCUT2D eigenvalue weighted by molar-refractivity contribution is 0.762. The fourth-order valence-electron chi connectivity index (χ4n) is 13.0. The summed E-state index contributed by atoms with van der Waals surface area (Å²) in [4.78, 5) is 2.56. The number of anilines is 3. The Balaban J connectivity index is 1.09. The van der Waals surface area contributed by atoms with Crippen LogP contribution in [0.15, 0.2) is 273 Å². The van der Waals surface area contributed by atoms with Gasteiger partial charge >= 0.3 is 0 Å². The average molecular weight is 904 g/mol. The predicted molar refractivity (Wildman–Crippen MR) is 294 cm³/mol. The minimum absolute atomic E-state index is 0.522. The topological polar surface area (TPSA) is 3.24 Å². The smallest absolute Gasteiger partial charge is 0.0719 e. The Morgan fingerprint density at radius 3 is 1.20 bits per heavy atom. The number of fused-ring (bicyclic) bond motifs is 12. The third-order valence-corrected chi connectivity index (χ3v) is 15.9. The van der Waals surface area contributed by atoms with Gasteiger partial charge in [0.2, 0.25) is 0 Å². The SMILES string of the molecule is c1ccc(-c2ccc(N(c3ccc4c(c3)C(c3ccccc3)(c3ccccc3)c3ccccc3-4)c3ccc4c(c3)C3(c5ccccc5CCc5ccccc53)c3ccccc3-4)c(-c3ccccc3)c2)cc1. The van der Waals surface area contributed by atoms with Crippen molar-refractivity contribution in [2.24, 2.45) is 0 Å². The van der Waals surface area contributed by atoms with Crippen molar-refractivity contribution in [1.29, 1.82) is 0 Å². The fourth-order valence-corrected chi connectivity index (χ4v) is 13.0. The second-order valence-electron chi connectivity index (χ2n) is 19.4. The van der Waals surface area contributed by atoms with Gasteiger partial charge in [0.25, 0.3) is 0 Å². The molecule has 1 nitrogen and oxygen atoms in total. The van der Waals surface area contributed by atoms with E-state index in [-0.39, 0.29) is 0 Å². The van der Waals surface area contributed by atoms with Crippen molar-refractivity contribution in [1.82, 2.24) is 0 Å². The number of hydrogen-bond donors (Lipinski definition) is 0. The minimum atomic E-state index is -0.563. The van der Waals surface area contributed by atoms with Crippen LogP contribution < -0.4 is 4.90 Å². The Hall–Kier alpha value is -8.78. The van der Waals surface area contributed by atoms with Crippen LogP contribution in [0.2, 0.25) is 0 Å². The van der Waals surface area contributed by atoms with Crippen molar-refractivity contribution in [3.05, 3.63) is 329 Å². The molecule has 0 aliphatic heterocycles. The van der Waals surface area contributed by atoms with Crippen LogP contribution in [0.1, 0.15) is 55.6 Å². The molecule has 0 radical (unpaired) electrons. The Kier molecular flexibility index (Phi) is 9.54. The van der Waals surface area contributed by atoms with Crippen molar-refractivity contribution in [2.75, 3.05) is 4.90 Å². The highest BCUT2D eigenvalue weighted by atomic mass is 15.1. The van der Waals surface area contributed by atoms with Gasteiger partial charge in [-0.25, -0.2) is 0 Å². The maximum Gasteiger partial charge on any atom is 0.0719 e. The molecule has 0 saturated heterocycles. The molecule has 0 bridgehead atoms. The summed E-state index contributed by atoms with van der Waals surface area (Å²) in [6.07, 6.45) is 1.99. The molecule has 14 rings (SSSR count). The second-order valence-corrected chi connectivity index (χ2v) is 19.4. The van der Waals surface area contributed by atoms with Gasteiger partial charge in [0, 0.05) is 16.9 Å². The molecule has 0 fully saturated rings. The lowest BCUT2D eigenvalue weighted by Gasteiger charge is -2.37. The highest BCUT2D eigenvalue weighted by Crippen LogP contribution is 2.61. The van der Waals surface area contributed by atoms with Gasteiger partial charge in [-0.15, -0.1) is 0 Å². The Morgan fingerprint density at radius 1 is 0.254 bits per heavy atom. The summed E-state index contributed by atoms with van der Waals surface area (Å²) >= 11 is 0. The predicted octanol–water partition coefficient (Wildman–Crippen LogP) is 17.3. The Morgan fingerprint density at radius 2 is 0.662 bits per heavy atom. The van der Waals surface area contributed by atoms with Crippen molar-refractivity contribution >= 4 is 17.1 Å². The molecule has 334 valence electrons. The van der Waals surface area contributed by atoms with Crippen LogP contribution in [-0.2, 0) is 23.7 Å². The zero-order valence-corrected chi connectivity index (χ0v) is 39.3. The fraction of sp³-hybridized carbons (Fsp3) is 0.0571. The number of nitrogens with zero attached hydrogens (tertiary/aromatic N) is 1. The number of aryl methyl sites for hydroxylation is 2. The quantitative estimate of drug-likeness (QED) is 0.154. The molecule has 11 aromatic carbocycles. The molecule has 3 aliphatic rings. The highest BCUT2D eigenvalue weighted by Gasteiger charge is 2.50. The highest BCUT2D eigenvalue weighted by molar-refractivity contribution is 5.96. The summed E-state index contributed by atoms with van der Waals surface area (Å²) in [6, 6.07) is 103. The van der Waals surface area contributed by atoms with Gasteiger partial charge in [-0.2, -0.15) is 0 Å². The van der Waals surface area contributed by atoms with Crippen molar-refractivity contribution in [2.45, 2.75) is 23.7 Å². The van der Waals surface area contributed by atoms with Crippen molar-refractivity contribution in [3.8, 4) is 44.5 Å². The summed E-state index contributed by atoms with van der Waals surface area (Å²) in [7, 11) is 0. The maximum absolute atomic E-state index is 2.56. The van der Waals surface area contributed by atoms with E-state index in [0.717, 1.165) is 35.5 Å². The molecule has 0 heterocycles. The molecular formula is C70H49N. The Bertz CT molecular complexity index is 3730. The van der Waals surface area contributed by atoms with E-state index in [4.69, 9.17) is 0 Å². The lowest BCUT2D eigenvalue weighted by Crippen LogP contribution is -2.30. The molecule has 0 amide bonds. The van der Waals surface area contributed by atoms with E-state index in [2.05, 4.69) is 278 Å². The van der Waals surface area contributed by atoms with E-state index in [0.29, 0.717) is 0 Å². The molecule has 0 unspecified atom stereocenters. The zero-order chi connectivity index (χ0) is 46.9. The Labute approximate surface area is 416 Å². The monoisotopic (exact) mass is 903 g/mol. The molecule has 1 heteroatoms. The molecular weight excluding hydrogens is 855 g/mol. The van der Waals surface area contributed by atoms with Gasteiger partial charge in [-0.1, -0.05) is 237 Å². The van der Waals surface area contributed by atoms with Crippen LogP contribution in [0.5, 0.6) is 0 Å². The van der Waals surface area contributed by atoms with E-state index in [1.54, 1.807) is 0 Å². The number of benzene rings is 11. The minimum Gasteiger partial charge on any atom is -0.310 e. The third kappa shape index (κ3) is 6.13. The van der Waals surface area contributed by atoms with Gasteiger partial charge in [-0.3, -0.25) is 0 Å². The zero-order valence-electron chi connectivity index (χ0n) is 39.3. The van der Waals surface area contributed by atoms with E-state index in [1.165, 1.54) is 94.6 Å². The largest absolute Gasteiger partial charge is 0.310 e. The third-order valence-electron chi connectivity index (χ3n) is 15.9. The van der Waals surface area contributed by atoms with Gasteiger partial charge in [0.15, 0.2) is 0 Å². The first-order valence-corrected chi connectivity index (χ1v) is 25.0. The summed E-state index contributed by atoms with van der Waals surface area (Å²) in [6.45, 7) is 0. The maximum atomic E-state index is 2.56. The van der Waals surface area contributed by atoms with Crippen LogP contribution in [0, 0.1) is 0 Å². The summed E-state index contributed by atoms with van der Waals surface area (Å²) in [5.41, 5.74) is 25.4. The van der Waals surface area contributed by atoms with E-state index >= 15 is 0 Å².